The molecule has 2 saturated heterocycles. The Bertz CT molecular complexity index is 705. The van der Waals surface area contributed by atoms with E-state index in [4.69, 9.17) is 0 Å². The van der Waals surface area contributed by atoms with Crippen molar-refractivity contribution in [3.63, 3.8) is 0 Å². The predicted molar refractivity (Wildman–Crippen MR) is 149 cm³/mol. The van der Waals surface area contributed by atoms with E-state index in [1.54, 1.807) is 0 Å². The summed E-state index contributed by atoms with van der Waals surface area (Å²) in [7, 11) is 2.05. The van der Waals surface area contributed by atoms with E-state index >= 15 is 0 Å². The summed E-state index contributed by atoms with van der Waals surface area (Å²) < 4.78 is 0. The molecule has 0 aromatic rings. The molecular weight excluding hydrogens is 430 g/mol. The van der Waals surface area contributed by atoms with Gasteiger partial charge in [0.05, 0.1) is 0 Å². The van der Waals surface area contributed by atoms with Gasteiger partial charge in [-0.05, 0) is 98.2 Å². The molecule has 204 valence electrons. The summed E-state index contributed by atoms with van der Waals surface area (Å²) >= 11 is 0. The van der Waals surface area contributed by atoms with Crippen molar-refractivity contribution in [2.75, 3.05) is 52.9 Å². The topological polar surface area (TPSA) is 26.8 Å². The molecule has 0 aromatic carbocycles. The molecule has 4 nitrogen and oxygen atoms in total. The van der Waals surface area contributed by atoms with E-state index in [0.717, 1.165) is 31.8 Å². The first-order chi connectivity index (χ1) is 16.1. The summed E-state index contributed by atoms with van der Waals surface area (Å²) in [6.45, 7) is 29.8. The fraction of sp³-hybridized carbons (Fsp3) is 0.968. The van der Waals surface area contributed by atoms with Gasteiger partial charge in [-0.25, -0.2) is 0 Å². The standard InChI is InChI=1S/C31H59N3O/c1-24(2)22-33-19-14-31(9,15-20-33)29(6,7)11-16-32(10)27(35)26-21-25(26)23-34-17-12-30(8,13-18-34)28(3,4)5/h24-26H,11-23H2,1-10H3. The fourth-order valence-corrected chi connectivity index (χ4v) is 6.63. The first kappa shape index (κ1) is 29.0. The second kappa shape index (κ2) is 10.6. The summed E-state index contributed by atoms with van der Waals surface area (Å²) in [6.07, 6.45) is 7.32. The lowest BCUT2D eigenvalue weighted by atomic mass is 9.60. The second-order valence-electron chi connectivity index (χ2n) is 15.4. The zero-order chi connectivity index (χ0) is 26.2. The monoisotopic (exact) mass is 489 g/mol. The van der Waals surface area contributed by atoms with Gasteiger partial charge in [-0.3, -0.25) is 4.79 Å². The average Bonchev–Trinajstić information content (AvgIpc) is 3.53. The van der Waals surface area contributed by atoms with Gasteiger partial charge in [0.2, 0.25) is 5.91 Å². The average molecular weight is 490 g/mol. The number of hydrogen-bond acceptors (Lipinski definition) is 3. The van der Waals surface area contributed by atoms with Gasteiger partial charge < -0.3 is 14.7 Å². The van der Waals surface area contributed by atoms with Crippen molar-refractivity contribution in [3.8, 4) is 0 Å². The van der Waals surface area contributed by atoms with Crippen molar-refractivity contribution in [1.82, 2.24) is 14.7 Å². The first-order valence-corrected chi connectivity index (χ1v) is 14.8. The lowest BCUT2D eigenvalue weighted by Crippen LogP contribution is -2.47. The summed E-state index contributed by atoms with van der Waals surface area (Å²) in [5, 5.41) is 0. The highest BCUT2D eigenvalue weighted by Gasteiger charge is 2.47. The molecule has 4 heteroatoms. The highest BCUT2D eigenvalue weighted by Crippen LogP contribution is 2.50. The van der Waals surface area contributed by atoms with Crippen molar-refractivity contribution in [3.05, 3.63) is 0 Å². The number of likely N-dealkylation sites (tertiary alicyclic amines) is 2. The maximum Gasteiger partial charge on any atom is 0.225 e. The van der Waals surface area contributed by atoms with Crippen molar-refractivity contribution >= 4 is 5.91 Å². The van der Waals surface area contributed by atoms with E-state index < -0.39 is 0 Å². The van der Waals surface area contributed by atoms with Crippen LogP contribution in [0.3, 0.4) is 0 Å². The van der Waals surface area contributed by atoms with Crippen LogP contribution in [-0.4, -0.2) is 73.5 Å². The maximum atomic E-state index is 13.2. The lowest BCUT2D eigenvalue weighted by molar-refractivity contribution is -0.132. The van der Waals surface area contributed by atoms with Crippen molar-refractivity contribution in [2.45, 2.75) is 101 Å². The minimum Gasteiger partial charge on any atom is -0.345 e. The van der Waals surface area contributed by atoms with Crippen LogP contribution in [0.2, 0.25) is 0 Å². The van der Waals surface area contributed by atoms with Crippen LogP contribution < -0.4 is 0 Å². The Hall–Kier alpha value is -0.610. The molecular formula is C31H59N3O. The van der Waals surface area contributed by atoms with Crippen LogP contribution in [0.1, 0.15) is 101 Å². The minimum atomic E-state index is 0.252. The van der Waals surface area contributed by atoms with Gasteiger partial charge in [-0.1, -0.05) is 62.3 Å². The smallest absolute Gasteiger partial charge is 0.225 e. The Morgan fingerprint density at radius 1 is 0.914 bits per heavy atom. The van der Waals surface area contributed by atoms with Gasteiger partial charge in [-0.2, -0.15) is 0 Å². The molecule has 1 saturated carbocycles. The van der Waals surface area contributed by atoms with Crippen LogP contribution in [0.5, 0.6) is 0 Å². The quantitative estimate of drug-likeness (QED) is 0.375. The normalized spacial score (nSPS) is 27.7. The molecule has 35 heavy (non-hydrogen) atoms. The van der Waals surface area contributed by atoms with Gasteiger partial charge in [-0.15, -0.1) is 0 Å². The summed E-state index contributed by atoms with van der Waals surface area (Å²) in [4.78, 5) is 20.6. The molecule has 0 radical (unpaired) electrons. The van der Waals surface area contributed by atoms with E-state index in [1.165, 1.54) is 58.4 Å². The number of carbonyl (C=O) groups is 1. The number of rotatable bonds is 9. The third-order valence-corrected chi connectivity index (χ3v) is 11.2. The Kier molecular flexibility index (Phi) is 8.80. The maximum absolute atomic E-state index is 13.2. The highest BCUT2D eigenvalue weighted by molar-refractivity contribution is 5.81. The zero-order valence-corrected chi connectivity index (χ0v) is 25.2. The minimum absolute atomic E-state index is 0.252. The van der Waals surface area contributed by atoms with Crippen LogP contribution >= 0.6 is 0 Å². The third kappa shape index (κ3) is 6.83. The van der Waals surface area contributed by atoms with Crippen LogP contribution in [0.4, 0.5) is 0 Å². The summed E-state index contributed by atoms with van der Waals surface area (Å²) in [6, 6.07) is 0. The zero-order valence-electron chi connectivity index (χ0n) is 25.2. The fourth-order valence-electron chi connectivity index (χ4n) is 6.63. The van der Waals surface area contributed by atoms with Crippen molar-refractivity contribution in [2.24, 2.45) is 39.4 Å². The number of nitrogens with zero attached hydrogens (tertiary/aromatic N) is 3. The highest BCUT2D eigenvalue weighted by atomic mass is 16.2. The molecule has 1 amide bonds. The Morgan fingerprint density at radius 3 is 1.94 bits per heavy atom. The molecule has 0 bridgehead atoms. The Labute approximate surface area is 218 Å². The SMILES string of the molecule is CC(C)CN1CCC(C)(C(C)(C)CCN(C)C(=O)C2CC2CN2CCC(C)(C(C)(C)C)CC2)CC1. The van der Waals surface area contributed by atoms with E-state index in [-0.39, 0.29) is 11.3 Å². The first-order valence-electron chi connectivity index (χ1n) is 14.8. The van der Waals surface area contributed by atoms with Crippen LogP contribution in [-0.2, 0) is 4.79 Å². The molecule has 0 N–H and O–H groups in total. The largest absolute Gasteiger partial charge is 0.345 e. The molecule has 2 heterocycles. The van der Waals surface area contributed by atoms with Crippen molar-refractivity contribution < 1.29 is 4.79 Å². The molecule has 3 aliphatic rings. The number of piperidine rings is 2. The van der Waals surface area contributed by atoms with Gasteiger partial charge in [0.25, 0.3) is 0 Å². The Morgan fingerprint density at radius 2 is 1.43 bits per heavy atom. The summed E-state index contributed by atoms with van der Waals surface area (Å²) in [5.41, 5.74) is 1.43. The van der Waals surface area contributed by atoms with Crippen LogP contribution in [0, 0.1) is 39.4 Å². The Balaban J connectivity index is 1.41. The second-order valence-corrected chi connectivity index (χ2v) is 15.4. The summed E-state index contributed by atoms with van der Waals surface area (Å²) in [5.74, 6) is 2.00. The number of amides is 1. The van der Waals surface area contributed by atoms with E-state index in [1.807, 2.05) is 0 Å². The van der Waals surface area contributed by atoms with Gasteiger partial charge >= 0.3 is 0 Å². The molecule has 3 fully saturated rings. The lowest BCUT2D eigenvalue weighted by Gasteiger charge is -2.50. The predicted octanol–water partition coefficient (Wildman–Crippen LogP) is 6.40. The van der Waals surface area contributed by atoms with E-state index in [0.29, 0.717) is 28.1 Å². The molecule has 1 aliphatic carbocycles. The van der Waals surface area contributed by atoms with E-state index in [9.17, 15) is 4.79 Å². The third-order valence-electron chi connectivity index (χ3n) is 11.2. The van der Waals surface area contributed by atoms with Crippen molar-refractivity contribution in [1.29, 1.82) is 0 Å². The van der Waals surface area contributed by atoms with Crippen LogP contribution in [0.25, 0.3) is 0 Å². The molecule has 0 spiro atoms. The van der Waals surface area contributed by atoms with Gasteiger partial charge in [0.15, 0.2) is 0 Å². The number of carbonyl (C=O) groups excluding carboxylic acids is 1. The molecule has 2 aliphatic heterocycles. The van der Waals surface area contributed by atoms with E-state index in [2.05, 4.69) is 84.1 Å². The van der Waals surface area contributed by atoms with Gasteiger partial charge in [0, 0.05) is 32.6 Å². The molecule has 2 atom stereocenters. The van der Waals surface area contributed by atoms with Crippen LogP contribution in [0.15, 0.2) is 0 Å². The molecule has 2 unspecified atom stereocenters. The number of hydrogen-bond donors (Lipinski definition) is 0. The molecule has 3 rings (SSSR count). The molecule has 0 aromatic heterocycles. The van der Waals surface area contributed by atoms with Gasteiger partial charge in [0.1, 0.15) is 0 Å².